The van der Waals surface area contributed by atoms with Crippen LogP contribution in [0.25, 0.3) is 11.3 Å². The molecule has 2 heterocycles. The fourth-order valence-electron chi connectivity index (χ4n) is 3.25. The molecule has 0 radical (unpaired) electrons. The van der Waals surface area contributed by atoms with Crippen LogP contribution in [-0.4, -0.2) is 44.5 Å². The highest BCUT2D eigenvalue weighted by atomic mass is 19.1. The molecule has 1 saturated heterocycles. The molecule has 1 aromatic heterocycles. The first-order chi connectivity index (χ1) is 13.0. The lowest BCUT2D eigenvalue weighted by Gasteiger charge is -2.35. The SMILES string of the molecule is COCCNC(=O)C1(Cc2cc(-c3ccc(F)cc3F)no2)CCOCC1. The highest BCUT2D eigenvalue weighted by molar-refractivity contribution is 5.83. The molecule has 2 aromatic rings. The fraction of sp³-hybridized carbons (Fsp3) is 0.474. The summed E-state index contributed by atoms with van der Waals surface area (Å²) in [5.74, 6) is -0.993. The number of nitrogens with one attached hydrogen (secondary N) is 1. The quantitative estimate of drug-likeness (QED) is 0.748. The van der Waals surface area contributed by atoms with E-state index in [0.717, 1.165) is 12.1 Å². The molecule has 0 unspecified atom stereocenters. The van der Waals surface area contributed by atoms with E-state index in [1.807, 2.05) is 0 Å². The monoisotopic (exact) mass is 380 g/mol. The molecule has 1 aromatic carbocycles. The van der Waals surface area contributed by atoms with Crippen molar-refractivity contribution >= 4 is 5.91 Å². The van der Waals surface area contributed by atoms with E-state index in [1.165, 1.54) is 6.07 Å². The number of hydrogen-bond acceptors (Lipinski definition) is 5. The third-order valence-corrected chi connectivity index (χ3v) is 4.80. The number of nitrogens with zero attached hydrogens (tertiary/aromatic N) is 1. The zero-order valence-corrected chi connectivity index (χ0v) is 15.1. The number of amides is 1. The van der Waals surface area contributed by atoms with Crippen molar-refractivity contribution in [2.75, 3.05) is 33.5 Å². The molecule has 0 aliphatic carbocycles. The highest BCUT2D eigenvalue weighted by Gasteiger charge is 2.41. The van der Waals surface area contributed by atoms with E-state index in [-0.39, 0.29) is 17.2 Å². The van der Waals surface area contributed by atoms with Crippen LogP contribution in [0.15, 0.2) is 28.8 Å². The Balaban J connectivity index is 1.78. The Bertz CT molecular complexity index is 788. The Labute approximate surface area is 155 Å². The van der Waals surface area contributed by atoms with E-state index < -0.39 is 17.0 Å². The van der Waals surface area contributed by atoms with Gasteiger partial charge in [-0.15, -0.1) is 0 Å². The number of benzene rings is 1. The molecule has 0 atom stereocenters. The Morgan fingerprint density at radius 2 is 2.07 bits per heavy atom. The van der Waals surface area contributed by atoms with Crippen LogP contribution in [0.5, 0.6) is 0 Å². The molecule has 8 heteroatoms. The van der Waals surface area contributed by atoms with Gasteiger partial charge in [0.15, 0.2) is 0 Å². The summed E-state index contributed by atoms with van der Waals surface area (Å²) in [7, 11) is 1.57. The lowest BCUT2D eigenvalue weighted by molar-refractivity contribution is -0.137. The van der Waals surface area contributed by atoms with Gasteiger partial charge in [-0.3, -0.25) is 4.79 Å². The molecule has 146 valence electrons. The Morgan fingerprint density at radius 3 is 2.78 bits per heavy atom. The number of hydrogen-bond donors (Lipinski definition) is 1. The maximum absolute atomic E-state index is 14.0. The summed E-state index contributed by atoms with van der Waals surface area (Å²) in [6, 6.07) is 4.87. The normalized spacial score (nSPS) is 16.3. The lowest BCUT2D eigenvalue weighted by Crippen LogP contribution is -2.46. The summed E-state index contributed by atoms with van der Waals surface area (Å²) >= 11 is 0. The van der Waals surface area contributed by atoms with Crippen LogP contribution in [0.3, 0.4) is 0 Å². The van der Waals surface area contributed by atoms with Gasteiger partial charge in [-0.25, -0.2) is 8.78 Å². The molecule has 0 spiro atoms. The predicted molar refractivity (Wildman–Crippen MR) is 92.9 cm³/mol. The average Bonchev–Trinajstić information content (AvgIpc) is 3.10. The number of halogens is 2. The molecule has 0 bridgehead atoms. The molecule has 6 nitrogen and oxygen atoms in total. The molecule has 3 rings (SSSR count). The van der Waals surface area contributed by atoms with Gasteiger partial charge >= 0.3 is 0 Å². The molecule has 1 aliphatic rings. The Morgan fingerprint density at radius 1 is 1.30 bits per heavy atom. The van der Waals surface area contributed by atoms with Crippen molar-refractivity contribution < 1.29 is 27.6 Å². The number of carbonyl (C=O) groups excluding carboxylic acids is 1. The van der Waals surface area contributed by atoms with Gasteiger partial charge in [0.25, 0.3) is 0 Å². The van der Waals surface area contributed by atoms with Crippen molar-refractivity contribution in [1.29, 1.82) is 0 Å². The number of methoxy groups -OCH3 is 1. The maximum atomic E-state index is 14.0. The van der Waals surface area contributed by atoms with E-state index in [0.29, 0.717) is 51.4 Å². The highest BCUT2D eigenvalue weighted by Crippen LogP contribution is 2.36. The molecular weight excluding hydrogens is 358 g/mol. The van der Waals surface area contributed by atoms with Gasteiger partial charge in [0.05, 0.1) is 12.0 Å². The van der Waals surface area contributed by atoms with E-state index in [9.17, 15) is 13.6 Å². The third kappa shape index (κ3) is 4.51. The van der Waals surface area contributed by atoms with E-state index in [2.05, 4.69) is 10.5 Å². The molecule has 1 aliphatic heterocycles. The fourth-order valence-corrected chi connectivity index (χ4v) is 3.25. The summed E-state index contributed by atoms with van der Waals surface area (Å²) in [6.45, 7) is 1.80. The number of carbonyl (C=O) groups is 1. The summed E-state index contributed by atoms with van der Waals surface area (Å²) in [5.41, 5.74) is -0.258. The van der Waals surface area contributed by atoms with Crippen LogP contribution in [-0.2, 0) is 20.7 Å². The van der Waals surface area contributed by atoms with Crippen molar-refractivity contribution in [1.82, 2.24) is 10.5 Å². The van der Waals surface area contributed by atoms with Crippen molar-refractivity contribution in [2.45, 2.75) is 19.3 Å². The van der Waals surface area contributed by atoms with Crippen molar-refractivity contribution in [3.05, 3.63) is 41.7 Å². The van der Waals surface area contributed by atoms with Crippen LogP contribution in [0, 0.1) is 17.0 Å². The topological polar surface area (TPSA) is 73.6 Å². The molecule has 27 heavy (non-hydrogen) atoms. The van der Waals surface area contributed by atoms with Crippen molar-refractivity contribution in [3.8, 4) is 11.3 Å². The summed E-state index contributed by atoms with van der Waals surface area (Å²) in [6.07, 6.45) is 1.42. The van der Waals surface area contributed by atoms with Crippen LogP contribution in [0.1, 0.15) is 18.6 Å². The standard InChI is InChI=1S/C19H22F2N2O4/c1-25-9-6-22-18(24)19(4-7-26-8-5-19)12-14-11-17(23-27-14)15-3-2-13(20)10-16(15)21/h2-3,10-11H,4-9,12H2,1H3,(H,22,24). The maximum Gasteiger partial charge on any atom is 0.226 e. The summed E-state index contributed by atoms with van der Waals surface area (Å²) < 4.78 is 42.8. The minimum Gasteiger partial charge on any atom is -0.383 e. The Kier molecular flexibility index (Phi) is 6.18. The first-order valence-corrected chi connectivity index (χ1v) is 8.80. The smallest absolute Gasteiger partial charge is 0.226 e. The second-order valence-corrected chi connectivity index (χ2v) is 6.62. The third-order valence-electron chi connectivity index (χ3n) is 4.80. The second kappa shape index (κ2) is 8.58. The second-order valence-electron chi connectivity index (χ2n) is 6.62. The van der Waals surface area contributed by atoms with Crippen molar-refractivity contribution in [3.63, 3.8) is 0 Å². The minimum absolute atomic E-state index is 0.0891. The Hall–Kier alpha value is -2.32. The zero-order chi connectivity index (χ0) is 19.3. The molecular formula is C19H22F2N2O4. The van der Waals surface area contributed by atoms with Gasteiger partial charge in [-0.05, 0) is 25.0 Å². The van der Waals surface area contributed by atoms with Crippen LogP contribution in [0.2, 0.25) is 0 Å². The van der Waals surface area contributed by atoms with Crippen LogP contribution < -0.4 is 5.32 Å². The summed E-state index contributed by atoms with van der Waals surface area (Å²) in [4.78, 5) is 12.8. The van der Waals surface area contributed by atoms with Gasteiger partial charge in [-0.2, -0.15) is 0 Å². The van der Waals surface area contributed by atoms with Crippen LogP contribution >= 0.6 is 0 Å². The van der Waals surface area contributed by atoms with Gasteiger partial charge in [0.2, 0.25) is 5.91 Å². The van der Waals surface area contributed by atoms with E-state index >= 15 is 0 Å². The van der Waals surface area contributed by atoms with Gasteiger partial charge < -0.3 is 19.3 Å². The average molecular weight is 380 g/mol. The number of rotatable bonds is 7. The van der Waals surface area contributed by atoms with Gasteiger partial charge in [0.1, 0.15) is 23.1 Å². The largest absolute Gasteiger partial charge is 0.383 e. The van der Waals surface area contributed by atoms with Gasteiger partial charge in [0, 0.05) is 51.0 Å². The lowest BCUT2D eigenvalue weighted by atomic mass is 9.75. The molecule has 1 fully saturated rings. The predicted octanol–water partition coefficient (Wildman–Crippen LogP) is 2.72. The van der Waals surface area contributed by atoms with E-state index in [1.54, 1.807) is 13.2 Å². The number of aromatic nitrogens is 1. The molecule has 0 saturated carbocycles. The molecule has 1 N–H and O–H groups in total. The first-order valence-electron chi connectivity index (χ1n) is 8.80. The zero-order valence-electron chi connectivity index (χ0n) is 15.1. The van der Waals surface area contributed by atoms with E-state index in [4.69, 9.17) is 14.0 Å². The number of ether oxygens (including phenoxy) is 2. The molecule has 1 amide bonds. The van der Waals surface area contributed by atoms with Gasteiger partial charge in [-0.1, -0.05) is 5.16 Å². The first kappa shape index (κ1) is 19.4. The van der Waals surface area contributed by atoms with Crippen LogP contribution in [0.4, 0.5) is 8.78 Å². The van der Waals surface area contributed by atoms with Crippen molar-refractivity contribution in [2.24, 2.45) is 5.41 Å². The minimum atomic E-state index is -0.715. The summed E-state index contributed by atoms with van der Waals surface area (Å²) in [5, 5.41) is 6.77.